The zero-order valence-corrected chi connectivity index (χ0v) is 12.8. The van der Waals surface area contributed by atoms with Crippen LogP contribution in [0.3, 0.4) is 0 Å². The number of hydrogen-bond acceptors (Lipinski definition) is 3. The highest BCUT2D eigenvalue weighted by molar-refractivity contribution is 6.42. The van der Waals surface area contributed by atoms with Gasteiger partial charge in [-0.3, -0.25) is 4.79 Å². The molecule has 2 rings (SSSR count). The molecule has 2 aromatic rings. The van der Waals surface area contributed by atoms with Gasteiger partial charge in [-0.1, -0.05) is 48.3 Å². The number of aromatic nitrogens is 3. The van der Waals surface area contributed by atoms with E-state index in [1.165, 1.54) is 0 Å². The van der Waals surface area contributed by atoms with Crippen LogP contribution in [0.2, 0.25) is 10.0 Å². The maximum absolute atomic E-state index is 11.0. The SMILES string of the molecule is CC(C)Cc1c(C=O)nnn1Cc1ccc(Cl)c(Cl)c1. The summed E-state index contributed by atoms with van der Waals surface area (Å²) in [6, 6.07) is 5.43. The highest BCUT2D eigenvalue weighted by Gasteiger charge is 2.14. The lowest BCUT2D eigenvalue weighted by molar-refractivity contribution is 0.111. The van der Waals surface area contributed by atoms with E-state index in [1.54, 1.807) is 16.8 Å². The number of carbonyl (C=O) groups excluding carboxylic acids is 1. The predicted molar refractivity (Wildman–Crippen MR) is 79.5 cm³/mol. The van der Waals surface area contributed by atoms with Crippen LogP contribution < -0.4 is 0 Å². The molecule has 0 bridgehead atoms. The third-order valence-corrected chi connectivity index (χ3v) is 3.64. The first kappa shape index (κ1) is 15.0. The van der Waals surface area contributed by atoms with E-state index in [1.807, 2.05) is 6.07 Å². The fourth-order valence-electron chi connectivity index (χ4n) is 1.97. The molecular weight excluding hydrogens is 297 g/mol. The Balaban J connectivity index is 2.30. The minimum Gasteiger partial charge on any atom is -0.296 e. The Morgan fingerprint density at radius 3 is 2.65 bits per heavy atom. The molecule has 6 heteroatoms. The Kier molecular flexibility index (Phi) is 4.78. The van der Waals surface area contributed by atoms with Crippen molar-refractivity contribution in [1.82, 2.24) is 15.0 Å². The monoisotopic (exact) mass is 311 g/mol. The molecule has 0 spiro atoms. The average molecular weight is 312 g/mol. The topological polar surface area (TPSA) is 47.8 Å². The summed E-state index contributed by atoms with van der Waals surface area (Å²) in [5.74, 6) is 0.416. The fourth-order valence-corrected chi connectivity index (χ4v) is 2.29. The van der Waals surface area contributed by atoms with Gasteiger partial charge in [-0.2, -0.15) is 0 Å². The molecule has 106 valence electrons. The van der Waals surface area contributed by atoms with Crippen molar-refractivity contribution in [3.05, 3.63) is 45.2 Å². The second kappa shape index (κ2) is 6.37. The number of aldehydes is 1. The van der Waals surface area contributed by atoms with Crippen LogP contribution in [0.5, 0.6) is 0 Å². The van der Waals surface area contributed by atoms with Crippen LogP contribution >= 0.6 is 23.2 Å². The number of hydrogen-bond donors (Lipinski definition) is 0. The maximum Gasteiger partial charge on any atom is 0.172 e. The Hall–Kier alpha value is -1.39. The number of rotatable bonds is 5. The van der Waals surface area contributed by atoms with E-state index < -0.39 is 0 Å². The van der Waals surface area contributed by atoms with Gasteiger partial charge in [0, 0.05) is 0 Å². The average Bonchev–Trinajstić information content (AvgIpc) is 2.76. The molecule has 1 aromatic heterocycles. The standard InChI is InChI=1S/C14H15Cl2N3O/c1-9(2)5-14-13(8-20)17-18-19(14)7-10-3-4-11(15)12(16)6-10/h3-4,6,8-9H,5,7H2,1-2H3. The van der Waals surface area contributed by atoms with Crippen LogP contribution in [0.15, 0.2) is 18.2 Å². The lowest BCUT2D eigenvalue weighted by Crippen LogP contribution is -2.10. The second-order valence-electron chi connectivity index (χ2n) is 5.04. The van der Waals surface area contributed by atoms with E-state index in [4.69, 9.17) is 23.2 Å². The van der Waals surface area contributed by atoms with Crippen molar-refractivity contribution >= 4 is 29.5 Å². The fraction of sp³-hybridized carbons (Fsp3) is 0.357. The summed E-state index contributed by atoms with van der Waals surface area (Å²) < 4.78 is 1.74. The normalized spacial score (nSPS) is 11.1. The minimum atomic E-state index is 0.402. The first-order valence-electron chi connectivity index (χ1n) is 6.32. The number of benzene rings is 1. The summed E-state index contributed by atoms with van der Waals surface area (Å²) in [5, 5.41) is 8.98. The van der Waals surface area contributed by atoms with Crippen LogP contribution in [-0.4, -0.2) is 21.3 Å². The summed E-state index contributed by atoms with van der Waals surface area (Å²) in [4.78, 5) is 11.0. The van der Waals surface area contributed by atoms with Gasteiger partial charge < -0.3 is 0 Å². The van der Waals surface area contributed by atoms with Crippen LogP contribution in [0.4, 0.5) is 0 Å². The summed E-state index contributed by atoms with van der Waals surface area (Å²) >= 11 is 11.9. The molecule has 1 heterocycles. The van der Waals surface area contributed by atoms with E-state index >= 15 is 0 Å². The number of nitrogens with zero attached hydrogens (tertiary/aromatic N) is 3. The van der Waals surface area contributed by atoms with Crippen LogP contribution in [0.1, 0.15) is 35.6 Å². The molecule has 0 atom stereocenters. The Morgan fingerprint density at radius 1 is 1.30 bits per heavy atom. The molecule has 0 fully saturated rings. The second-order valence-corrected chi connectivity index (χ2v) is 5.86. The van der Waals surface area contributed by atoms with Crippen molar-refractivity contribution in [2.75, 3.05) is 0 Å². The summed E-state index contributed by atoms with van der Waals surface area (Å²) in [7, 11) is 0. The van der Waals surface area contributed by atoms with E-state index in [-0.39, 0.29) is 0 Å². The zero-order valence-electron chi connectivity index (χ0n) is 11.3. The third-order valence-electron chi connectivity index (χ3n) is 2.90. The first-order chi connectivity index (χ1) is 9.51. The number of carbonyl (C=O) groups is 1. The lowest BCUT2D eigenvalue weighted by Gasteiger charge is -2.09. The molecule has 0 aliphatic heterocycles. The zero-order chi connectivity index (χ0) is 14.7. The molecule has 1 aromatic carbocycles. The summed E-state index contributed by atoms with van der Waals surface area (Å²) in [6.45, 7) is 4.69. The molecule has 0 N–H and O–H groups in total. The van der Waals surface area contributed by atoms with Crippen molar-refractivity contribution in [1.29, 1.82) is 0 Å². The smallest absolute Gasteiger partial charge is 0.172 e. The molecule has 0 amide bonds. The van der Waals surface area contributed by atoms with Gasteiger partial charge >= 0.3 is 0 Å². The quantitative estimate of drug-likeness (QED) is 0.792. The molecule has 4 nitrogen and oxygen atoms in total. The van der Waals surface area contributed by atoms with Crippen LogP contribution in [0.25, 0.3) is 0 Å². The third kappa shape index (κ3) is 3.38. The molecule has 0 radical (unpaired) electrons. The molecule has 0 aliphatic rings. The van der Waals surface area contributed by atoms with Gasteiger partial charge in [-0.25, -0.2) is 4.68 Å². The lowest BCUT2D eigenvalue weighted by atomic mass is 10.1. The van der Waals surface area contributed by atoms with E-state index in [2.05, 4.69) is 24.2 Å². The Bertz CT molecular complexity index is 623. The molecule has 0 saturated heterocycles. The van der Waals surface area contributed by atoms with Crippen molar-refractivity contribution < 1.29 is 4.79 Å². The number of halogens is 2. The van der Waals surface area contributed by atoms with Crippen molar-refractivity contribution in [3.8, 4) is 0 Å². The maximum atomic E-state index is 11.0. The molecule has 20 heavy (non-hydrogen) atoms. The van der Waals surface area contributed by atoms with Gasteiger partial charge in [0.1, 0.15) is 5.69 Å². The van der Waals surface area contributed by atoms with Gasteiger partial charge in [0.05, 0.1) is 22.3 Å². The van der Waals surface area contributed by atoms with Gasteiger partial charge in [0.15, 0.2) is 6.29 Å². The van der Waals surface area contributed by atoms with E-state index in [9.17, 15) is 4.79 Å². The molecule has 0 unspecified atom stereocenters. The van der Waals surface area contributed by atoms with Gasteiger partial charge in [-0.05, 0) is 30.0 Å². The van der Waals surface area contributed by atoms with Crippen molar-refractivity contribution in [2.45, 2.75) is 26.8 Å². The van der Waals surface area contributed by atoms with E-state index in [0.717, 1.165) is 24.0 Å². The highest BCUT2D eigenvalue weighted by atomic mass is 35.5. The summed E-state index contributed by atoms with van der Waals surface area (Å²) in [6.07, 6.45) is 1.50. The van der Waals surface area contributed by atoms with Gasteiger partial charge in [-0.15, -0.1) is 5.10 Å². The first-order valence-corrected chi connectivity index (χ1v) is 7.08. The van der Waals surface area contributed by atoms with Gasteiger partial charge in [0.25, 0.3) is 0 Å². The summed E-state index contributed by atoms with van der Waals surface area (Å²) in [5.41, 5.74) is 2.21. The van der Waals surface area contributed by atoms with Crippen molar-refractivity contribution in [3.63, 3.8) is 0 Å². The largest absolute Gasteiger partial charge is 0.296 e. The highest BCUT2D eigenvalue weighted by Crippen LogP contribution is 2.23. The molecular formula is C14H15Cl2N3O. The van der Waals surface area contributed by atoms with Crippen LogP contribution in [-0.2, 0) is 13.0 Å². The Morgan fingerprint density at radius 2 is 2.05 bits per heavy atom. The minimum absolute atomic E-state index is 0.402. The van der Waals surface area contributed by atoms with E-state index in [0.29, 0.717) is 28.2 Å². The molecule has 0 saturated carbocycles. The molecule has 0 aliphatic carbocycles. The van der Waals surface area contributed by atoms with Crippen LogP contribution in [0, 0.1) is 5.92 Å². The Labute approximate surface area is 127 Å². The van der Waals surface area contributed by atoms with Gasteiger partial charge in [0.2, 0.25) is 0 Å². The van der Waals surface area contributed by atoms with Crippen molar-refractivity contribution in [2.24, 2.45) is 5.92 Å². The predicted octanol–water partition coefficient (Wildman–Crippen LogP) is 3.64.